The summed E-state index contributed by atoms with van der Waals surface area (Å²) in [5, 5.41) is 9.49. The van der Waals surface area contributed by atoms with Crippen LogP contribution in [0.4, 0.5) is 65.9 Å². The summed E-state index contributed by atoms with van der Waals surface area (Å²) in [6.07, 6.45) is -40.3. The standard InChI is InChI=1S/C18H19F15O3/c1-3-11(2,14(19,20)21)10(34)36-13(17(28,29)30,18(31,32)33)9-6-4-5-8(7-9)12(35,15(22,23)24)16(25,26)27/h8-9,35H,3-7H2,1-2H3. The van der Waals surface area contributed by atoms with E-state index in [0.29, 0.717) is 6.92 Å². The van der Waals surface area contributed by atoms with Crippen LogP contribution in [0.3, 0.4) is 0 Å². The van der Waals surface area contributed by atoms with Crippen molar-refractivity contribution < 1.29 is 80.5 Å². The van der Waals surface area contributed by atoms with Crippen molar-refractivity contribution in [1.29, 1.82) is 0 Å². The number of halogens is 15. The normalized spacial score (nSPS) is 23.3. The van der Waals surface area contributed by atoms with Crippen molar-refractivity contribution >= 4 is 5.97 Å². The van der Waals surface area contributed by atoms with Crippen LogP contribution in [-0.2, 0) is 9.53 Å². The number of alkyl halides is 15. The van der Waals surface area contributed by atoms with Gasteiger partial charge in [-0.1, -0.05) is 13.3 Å². The lowest BCUT2D eigenvalue weighted by atomic mass is 9.66. The largest absolute Gasteiger partial charge is 0.438 e. The number of ether oxygens (including phenoxy) is 1. The first kappa shape index (κ1) is 32.4. The number of rotatable bonds is 5. The molecule has 3 nitrogen and oxygen atoms in total. The molecular weight excluding hydrogens is 549 g/mol. The summed E-state index contributed by atoms with van der Waals surface area (Å²) in [7, 11) is 0. The molecule has 0 spiro atoms. The predicted molar refractivity (Wildman–Crippen MR) is 87.9 cm³/mol. The van der Waals surface area contributed by atoms with Gasteiger partial charge < -0.3 is 9.84 Å². The number of hydrogen-bond acceptors (Lipinski definition) is 3. The Kier molecular flexibility index (Phi) is 8.36. The average molecular weight is 568 g/mol. The summed E-state index contributed by atoms with van der Waals surface area (Å²) in [5.74, 6) is -9.87. The van der Waals surface area contributed by atoms with Crippen LogP contribution < -0.4 is 0 Å². The molecule has 18 heteroatoms. The van der Waals surface area contributed by atoms with Crippen molar-refractivity contribution in [3.05, 3.63) is 0 Å². The molecule has 1 aliphatic carbocycles. The minimum absolute atomic E-state index is 0.0808. The van der Waals surface area contributed by atoms with Crippen molar-refractivity contribution in [1.82, 2.24) is 0 Å². The monoisotopic (exact) mass is 568 g/mol. The van der Waals surface area contributed by atoms with E-state index in [0.717, 1.165) is 0 Å². The lowest BCUT2D eigenvalue weighted by Crippen LogP contribution is -2.68. The molecule has 0 aromatic carbocycles. The lowest BCUT2D eigenvalue weighted by molar-refractivity contribution is -0.405. The molecule has 36 heavy (non-hydrogen) atoms. The summed E-state index contributed by atoms with van der Waals surface area (Å²) in [5.41, 5.74) is -15.6. The first-order valence-electron chi connectivity index (χ1n) is 9.94. The Labute approximate surface area is 192 Å². The molecule has 3 atom stereocenters. The molecule has 1 N–H and O–H groups in total. The first-order valence-corrected chi connectivity index (χ1v) is 9.94. The third kappa shape index (κ3) is 5.06. The van der Waals surface area contributed by atoms with Gasteiger partial charge in [0.2, 0.25) is 0 Å². The Balaban J connectivity index is 3.78. The summed E-state index contributed by atoms with van der Waals surface area (Å²) in [6.45, 7) is 0.490. The molecule has 1 rings (SSSR count). The Morgan fingerprint density at radius 3 is 1.42 bits per heavy atom. The van der Waals surface area contributed by atoms with Crippen LogP contribution in [0.5, 0.6) is 0 Å². The summed E-state index contributed by atoms with van der Waals surface area (Å²) >= 11 is 0. The van der Waals surface area contributed by atoms with Crippen molar-refractivity contribution in [2.24, 2.45) is 17.3 Å². The average Bonchev–Trinajstić information content (AvgIpc) is 2.65. The second-order valence-electron chi connectivity index (χ2n) is 8.63. The zero-order chi connectivity index (χ0) is 29.0. The molecule has 0 aromatic rings. The van der Waals surface area contributed by atoms with Crippen LogP contribution in [-0.4, -0.2) is 53.2 Å². The van der Waals surface area contributed by atoms with E-state index in [2.05, 4.69) is 4.74 Å². The van der Waals surface area contributed by atoms with E-state index in [1.165, 1.54) is 0 Å². The molecule has 0 amide bonds. The van der Waals surface area contributed by atoms with Gasteiger partial charge in [0.1, 0.15) is 0 Å². The summed E-state index contributed by atoms with van der Waals surface area (Å²) in [6, 6.07) is 0. The maximum atomic E-state index is 13.9. The van der Waals surface area contributed by atoms with Crippen LogP contribution >= 0.6 is 0 Å². The van der Waals surface area contributed by atoms with E-state index in [-0.39, 0.29) is 6.92 Å². The molecular formula is C18H19F15O3. The number of carbonyl (C=O) groups is 1. The SMILES string of the molecule is CCC(C)(C(=O)OC(C1CCCC(C(O)(C(F)(F)F)C(F)(F)F)C1)(C(F)(F)F)C(F)(F)F)C(F)(F)F. The Hall–Kier alpha value is -1.62. The van der Waals surface area contributed by atoms with Gasteiger partial charge in [0, 0.05) is 11.8 Å². The fourth-order valence-electron chi connectivity index (χ4n) is 4.10. The highest BCUT2D eigenvalue weighted by Crippen LogP contribution is 2.59. The molecule has 1 saturated carbocycles. The van der Waals surface area contributed by atoms with Gasteiger partial charge in [-0.2, -0.15) is 65.9 Å². The molecule has 0 bridgehead atoms. The molecule has 0 aliphatic heterocycles. The van der Waals surface area contributed by atoms with Gasteiger partial charge >= 0.3 is 42.5 Å². The number of esters is 1. The zero-order valence-electron chi connectivity index (χ0n) is 18.1. The van der Waals surface area contributed by atoms with E-state index in [1.54, 1.807) is 0 Å². The van der Waals surface area contributed by atoms with Gasteiger partial charge in [0.25, 0.3) is 5.60 Å². The topological polar surface area (TPSA) is 46.5 Å². The highest BCUT2D eigenvalue weighted by atomic mass is 19.4. The van der Waals surface area contributed by atoms with E-state index in [1.807, 2.05) is 0 Å². The molecule has 1 aliphatic rings. The second-order valence-corrected chi connectivity index (χ2v) is 8.63. The molecule has 0 radical (unpaired) electrons. The first-order chi connectivity index (χ1) is 15.6. The van der Waals surface area contributed by atoms with Gasteiger partial charge in [0.05, 0.1) is 0 Å². The molecule has 214 valence electrons. The highest BCUT2D eigenvalue weighted by molar-refractivity contribution is 5.78. The number of aliphatic hydroxyl groups is 1. The quantitative estimate of drug-likeness (QED) is 0.286. The fourth-order valence-corrected chi connectivity index (χ4v) is 4.10. The van der Waals surface area contributed by atoms with Crippen molar-refractivity contribution in [3.8, 4) is 0 Å². The van der Waals surface area contributed by atoms with E-state index in [4.69, 9.17) is 0 Å². The maximum Gasteiger partial charge on any atom is 0.437 e. The number of carbonyl (C=O) groups excluding carboxylic acids is 1. The highest BCUT2D eigenvalue weighted by Gasteiger charge is 2.80. The molecule has 0 heterocycles. The van der Waals surface area contributed by atoms with Crippen molar-refractivity contribution in [2.75, 3.05) is 0 Å². The minimum Gasteiger partial charge on any atom is -0.438 e. The minimum atomic E-state index is -6.83. The fraction of sp³-hybridized carbons (Fsp3) is 0.944. The van der Waals surface area contributed by atoms with Gasteiger partial charge in [0.15, 0.2) is 5.41 Å². The van der Waals surface area contributed by atoms with Gasteiger partial charge in [-0.15, -0.1) is 0 Å². The van der Waals surface area contributed by atoms with Gasteiger partial charge in [-0.05, 0) is 32.6 Å². The second kappa shape index (κ2) is 9.29. The van der Waals surface area contributed by atoms with Crippen LogP contribution in [0.2, 0.25) is 0 Å². The van der Waals surface area contributed by atoms with Crippen LogP contribution in [0.1, 0.15) is 46.0 Å². The molecule has 3 unspecified atom stereocenters. The summed E-state index contributed by atoms with van der Waals surface area (Å²) in [4.78, 5) is 12.1. The van der Waals surface area contributed by atoms with E-state index < -0.39 is 97.4 Å². The zero-order valence-corrected chi connectivity index (χ0v) is 18.1. The van der Waals surface area contributed by atoms with Gasteiger partial charge in [-0.25, -0.2) is 0 Å². The van der Waals surface area contributed by atoms with Crippen LogP contribution in [0.25, 0.3) is 0 Å². The van der Waals surface area contributed by atoms with E-state index >= 15 is 0 Å². The van der Waals surface area contributed by atoms with Crippen molar-refractivity contribution in [3.63, 3.8) is 0 Å². The van der Waals surface area contributed by atoms with E-state index in [9.17, 15) is 75.8 Å². The predicted octanol–water partition coefficient (Wildman–Crippen LogP) is 7.03. The van der Waals surface area contributed by atoms with Crippen LogP contribution in [0.15, 0.2) is 0 Å². The maximum absolute atomic E-state index is 13.9. The number of hydrogen-bond donors (Lipinski definition) is 1. The Bertz CT molecular complexity index is 762. The molecule has 0 aromatic heterocycles. The third-order valence-electron chi connectivity index (χ3n) is 6.58. The third-order valence-corrected chi connectivity index (χ3v) is 6.58. The van der Waals surface area contributed by atoms with Gasteiger partial charge in [-0.3, -0.25) is 4.79 Å². The molecule has 0 saturated heterocycles. The molecule has 1 fully saturated rings. The van der Waals surface area contributed by atoms with Crippen molar-refractivity contribution in [2.45, 2.75) is 88.0 Å². The summed E-state index contributed by atoms with van der Waals surface area (Å²) < 4.78 is 206. The van der Waals surface area contributed by atoms with Crippen LogP contribution in [0, 0.1) is 17.3 Å². The lowest BCUT2D eigenvalue weighted by Gasteiger charge is -2.48. The Morgan fingerprint density at radius 1 is 0.722 bits per heavy atom. The Morgan fingerprint density at radius 2 is 1.11 bits per heavy atom. The smallest absolute Gasteiger partial charge is 0.437 e.